The number of aryl methyl sites for hydroxylation is 1. The Balaban J connectivity index is 2.32. The first-order chi connectivity index (χ1) is 8.61. The van der Waals surface area contributed by atoms with Gasteiger partial charge in [-0.3, -0.25) is 4.68 Å². The summed E-state index contributed by atoms with van der Waals surface area (Å²) in [7, 11) is 0. The van der Waals surface area contributed by atoms with Crippen LogP contribution in [0.25, 0.3) is 11.3 Å². The van der Waals surface area contributed by atoms with Crippen LogP contribution in [0.2, 0.25) is 5.02 Å². The van der Waals surface area contributed by atoms with Crippen molar-refractivity contribution in [3.05, 3.63) is 35.2 Å². The summed E-state index contributed by atoms with van der Waals surface area (Å²) < 4.78 is 14.9. The van der Waals surface area contributed by atoms with Crippen LogP contribution in [0.3, 0.4) is 0 Å². The number of unbranched alkanes of at least 4 members (excludes halogenated alkanes) is 1. The predicted molar refractivity (Wildman–Crippen MR) is 72.0 cm³/mol. The second-order valence-electron chi connectivity index (χ2n) is 4.18. The normalized spacial score (nSPS) is 10.8. The third-order valence-corrected chi connectivity index (χ3v) is 3.01. The van der Waals surface area contributed by atoms with Gasteiger partial charge in [-0.05, 0) is 24.6 Å². The number of nitrogens with two attached hydrogens (primary N) is 1. The highest BCUT2D eigenvalue weighted by atomic mass is 35.5. The molecular weight excluding hydrogens is 253 g/mol. The number of benzene rings is 1. The fourth-order valence-corrected chi connectivity index (χ4v) is 1.92. The van der Waals surface area contributed by atoms with E-state index in [0.29, 0.717) is 11.4 Å². The molecule has 0 aliphatic rings. The smallest absolute Gasteiger partial charge is 0.141 e. The van der Waals surface area contributed by atoms with Crippen molar-refractivity contribution < 1.29 is 4.39 Å². The number of halogens is 2. The van der Waals surface area contributed by atoms with Gasteiger partial charge in [0, 0.05) is 18.3 Å². The van der Waals surface area contributed by atoms with E-state index < -0.39 is 5.82 Å². The highest BCUT2D eigenvalue weighted by Crippen LogP contribution is 2.27. The Hall–Kier alpha value is -1.55. The molecule has 1 aromatic carbocycles. The minimum absolute atomic E-state index is 0.0787. The summed E-state index contributed by atoms with van der Waals surface area (Å²) in [6.45, 7) is 2.95. The van der Waals surface area contributed by atoms with Crippen LogP contribution in [0.1, 0.15) is 19.8 Å². The molecule has 0 amide bonds. The summed E-state index contributed by atoms with van der Waals surface area (Å²) >= 11 is 5.76. The lowest BCUT2D eigenvalue weighted by molar-refractivity contribution is 0.573. The average molecular weight is 268 g/mol. The average Bonchev–Trinajstić information content (AvgIpc) is 2.71. The van der Waals surface area contributed by atoms with E-state index >= 15 is 0 Å². The first-order valence-electron chi connectivity index (χ1n) is 5.90. The van der Waals surface area contributed by atoms with E-state index in [0.717, 1.165) is 24.9 Å². The Labute approximate surface area is 110 Å². The number of aromatic nitrogens is 2. The van der Waals surface area contributed by atoms with E-state index in [1.165, 1.54) is 6.07 Å². The van der Waals surface area contributed by atoms with Crippen molar-refractivity contribution in [2.75, 3.05) is 5.73 Å². The lowest BCUT2D eigenvalue weighted by atomic mass is 10.1. The van der Waals surface area contributed by atoms with Gasteiger partial charge in [-0.15, -0.1) is 0 Å². The van der Waals surface area contributed by atoms with Crippen LogP contribution in [0.4, 0.5) is 10.1 Å². The lowest BCUT2D eigenvalue weighted by Crippen LogP contribution is -1.98. The SMILES string of the molecule is CCCCn1cc(N)c(-c2ccc(F)c(Cl)c2)n1. The fraction of sp³-hybridized carbons (Fsp3) is 0.308. The molecular formula is C13H15ClFN3. The van der Waals surface area contributed by atoms with Crippen LogP contribution < -0.4 is 5.73 Å². The zero-order chi connectivity index (χ0) is 13.1. The number of hydrogen-bond donors (Lipinski definition) is 1. The van der Waals surface area contributed by atoms with Crippen molar-refractivity contribution >= 4 is 17.3 Å². The summed E-state index contributed by atoms with van der Waals surface area (Å²) in [5.74, 6) is -0.440. The molecule has 0 atom stereocenters. The van der Waals surface area contributed by atoms with Crippen molar-refractivity contribution in [3.8, 4) is 11.3 Å². The molecule has 18 heavy (non-hydrogen) atoms. The van der Waals surface area contributed by atoms with Gasteiger partial charge in [0.05, 0.1) is 10.7 Å². The van der Waals surface area contributed by atoms with Gasteiger partial charge in [0.25, 0.3) is 0 Å². The fourth-order valence-electron chi connectivity index (χ4n) is 1.74. The van der Waals surface area contributed by atoms with Gasteiger partial charge < -0.3 is 5.73 Å². The molecule has 0 aliphatic carbocycles. The predicted octanol–water partition coefficient (Wildman–Crippen LogP) is 3.72. The highest BCUT2D eigenvalue weighted by Gasteiger charge is 2.10. The maximum Gasteiger partial charge on any atom is 0.141 e. The van der Waals surface area contributed by atoms with E-state index in [1.807, 2.05) is 4.68 Å². The van der Waals surface area contributed by atoms with Crippen molar-refractivity contribution in [2.45, 2.75) is 26.3 Å². The summed E-state index contributed by atoms with van der Waals surface area (Å²) in [5.41, 5.74) is 7.87. The Morgan fingerprint density at radius 3 is 2.89 bits per heavy atom. The number of anilines is 1. The van der Waals surface area contributed by atoms with Crippen LogP contribution in [0, 0.1) is 5.82 Å². The van der Waals surface area contributed by atoms with Crippen molar-refractivity contribution in [3.63, 3.8) is 0 Å². The lowest BCUT2D eigenvalue weighted by Gasteiger charge is -2.01. The molecule has 0 radical (unpaired) electrons. The van der Waals surface area contributed by atoms with Crippen molar-refractivity contribution in [1.29, 1.82) is 0 Å². The molecule has 2 aromatic rings. The zero-order valence-corrected chi connectivity index (χ0v) is 10.9. The zero-order valence-electron chi connectivity index (χ0n) is 10.2. The summed E-state index contributed by atoms with van der Waals surface area (Å²) in [6.07, 6.45) is 3.93. The maximum absolute atomic E-state index is 13.1. The molecule has 96 valence electrons. The van der Waals surface area contributed by atoms with Crippen LogP contribution in [-0.4, -0.2) is 9.78 Å². The quantitative estimate of drug-likeness (QED) is 0.917. The van der Waals surface area contributed by atoms with Gasteiger partial charge >= 0.3 is 0 Å². The summed E-state index contributed by atoms with van der Waals surface area (Å²) in [4.78, 5) is 0. The molecule has 0 bridgehead atoms. The third-order valence-electron chi connectivity index (χ3n) is 2.72. The number of nitrogens with zero attached hydrogens (tertiary/aromatic N) is 2. The standard InChI is InChI=1S/C13H15ClFN3/c1-2-3-6-18-8-12(16)13(17-18)9-4-5-11(15)10(14)7-9/h4-5,7-8H,2-3,6,16H2,1H3. The minimum atomic E-state index is -0.440. The topological polar surface area (TPSA) is 43.8 Å². The first-order valence-corrected chi connectivity index (χ1v) is 6.28. The number of rotatable bonds is 4. The molecule has 0 unspecified atom stereocenters. The Bertz CT molecular complexity index is 551. The molecule has 0 saturated heterocycles. The largest absolute Gasteiger partial charge is 0.396 e. The van der Waals surface area contributed by atoms with E-state index in [2.05, 4.69) is 12.0 Å². The Morgan fingerprint density at radius 2 is 2.22 bits per heavy atom. The molecule has 3 nitrogen and oxygen atoms in total. The van der Waals surface area contributed by atoms with Gasteiger partial charge in [0.2, 0.25) is 0 Å². The molecule has 1 heterocycles. The monoisotopic (exact) mass is 267 g/mol. The van der Waals surface area contributed by atoms with Gasteiger partial charge in [-0.2, -0.15) is 5.10 Å². The molecule has 0 spiro atoms. The third kappa shape index (κ3) is 2.64. The molecule has 1 aromatic heterocycles. The Morgan fingerprint density at radius 1 is 1.44 bits per heavy atom. The molecule has 0 fully saturated rings. The second kappa shape index (κ2) is 5.40. The molecule has 5 heteroatoms. The van der Waals surface area contributed by atoms with Crippen molar-refractivity contribution in [2.24, 2.45) is 0 Å². The van der Waals surface area contributed by atoms with Gasteiger partial charge in [0.15, 0.2) is 0 Å². The van der Waals surface area contributed by atoms with Crippen LogP contribution in [-0.2, 0) is 6.54 Å². The molecule has 0 saturated carbocycles. The molecule has 0 aliphatic heterocycles. The maximum atomic E-state index is 13.1. The van der Waals surface area contributed by atoms with Gasteiger partial charge in [-0.25, -0.2) is 4.39 Å². The highest BCUT2D eigenvalue weighted by molar-refractivity contribution is 6.31. The van der Waals surface area contributed by atoms with Crippen molar-refractivity contribution in [1.82, 2.24) is 9.78 Å². The van der Waals surface area contributed by atoms with E-state index in [-0.39, 0.29) is 5.02 Å². The summed E-state index contributed by atoms with van der Waals surface area (Å²) in [5, 5.41) is 4.48. The van der Waals surface area contributed by atoms with Gasteiger partial charge in [0.1, 0.15) is 11.5 Å². The minimum Gasteiger partial charge on any atom is -0.396 e. The summed E-state index contributed by atoms with van der Waals surface area (Å²) in [6, 6.07) is 4.49. The Kier molecular flexibility index (Phi) is 3.87. The number of nitrogen functional groups attached to an aromatic ring is 1. The first kappa shape index (κ1) is 12.9. The van der Waals surface area contributed by atoms with Crippen LogP contribution in [0.5, 0.6) is 0 Å². The van der Waals surface area contributed by atoms with E-state index in [9.17, 15) is 4.39 Å². The second-order valence-corrected chi connectivity index (χ2v) is 4.59. The van der Waals surface area contributed by atoms with Gasteiger partial charge in [-0.1, -0.05) is 24.9 Å². The van der Waals surface area contributed by atoms with Crippen LogP contribution in [0.15, 0.2) is 24.4 Å². The van der Waals surface area contributed by atoms with E-state index in [4.69, 9.17) is 17.3 Å². The number of hydrogen-bond acceptors (Lipinski definition) is 2. The van der Waals surface area contributed by atoms with E-state index in [1.54, 1.807) is 18.3 Å². The van der Waals surface area contributed by atoms with Crippen LogP contribution >= 0.6 is 11.6 Å². The molecule has 2 rings (SSSR count). The molecule has 2 N–H and O–H groups in total.